The van der Waals surface area contributed by atoms with E-state index in [0.29, 0.717) is 0 Å². The molecule has 94 heavy (non-hydrogen) atoms. The van der Waals surface area contributed by atoms with Crippen LogP contribution in [0.4, 0.5) is 51.2 Å². The van der Waals surface area contributed by atoms with E-state index in [0.717, 1.165) is 95.6 Å². The summed E-state index contributed by atoms with van der Waals surface area (Å²) in [6.45, 7) is 6.93. The molecule has 17 rings (SSSR count). The lowest BCUT2D eigenvalue weighted by Gasteiger charge is -2.46. The molecule has 0 atom stereocenters. The Kier molecular flexibility index (Phi) is 13.9. The van der Waals surface area contributed by atoms with Crippen molar-refractivity contribution in [3.05, 3.63) is 351 Å². The van der Waals surface area contributed by atoms with Crippen molar-refractivity contribution >= 4 is 95.8 Å². The van der Waals surface area contributed by atoms with E-state index >= 15 is 0 Å². The first-order chi connectivity index (χ1) is 46.3. The van der Waals surface area contributed by atoms with Crippen molar-refractivity contribution in [3.63, 3.8) is 0 Å². The molecule has 0 aromatic heterocycles. The molecule has 0 unspecified atom stereocenters. The summed E-state index contributed by atoms with van der Waals surface area (Å²) in [5, 5.41) is 4.70. The van der Waals surface area contributed by atoms with Crippen LogP contribution >= 0.6 is 0 Å². The van der Waals surface area contributed by atoms with Gasteiger partial charge in [-0.3, -0.25) is 0 Å². The highest BCUT2D eigenvalue weighted by molar-refractivity contribution is 7.00. The average molecular weight is 1200 g/mol. The van der Waals surface area contributed by atoms with Crippen molar-refractivity contribution in [3.8, 4) is 66.8 Å². The van der Waals surface area contributed by atoms with Crippen LogP contribution < -0.4 is 31.1 Å². The molecule has 15 aromatic carbocycles. The molecule has 3 nitrogen and oxygen atoms in total. The molecular formula is C90H66BN3. The molecule has 0 spiro atoms. The van der Waals surface area contributed by atoms with E-state index in [4.69, 9.17) is 0 Å². The van der Waals surface area contributed by atoms with E-state index in [-0.39, 0.29) is 12.1 Å². The zero-order valence-electron chi connectivity index (χ0n) is 52.8. The quantitative estimate of drug-likeness (QED) is 0.0944. The molecule has 0 amide bonds. The lowest BCUT2D eigenvalue weighted by molar-refractivity contribution is 0.590. The Bertz CT molecular complexity index is 5130. The van der Waals surface area contributed by atoms with Gasteiger partial charge in [0, 0.05) is 67.2 Å². The molecule has 0 saturated heterocycles. The fraction of sp³-hybridized carbons (Fsp3) is 0.0444. The van der Waals surface area contributed by atoms with E-state index in [1.807, 2.05) is 0 Å². The van der Waals surface area contributed by atoms with Gasteiger partial charge in [0.25, 0.3) is 6.71 Å². The maximum atomic E-state index is 2.70. The molecule has 2 heterocycles. The van der Waals surface area contributed by atoms with Crippen molar-refractivity contribution in [1.82, 2.24) is 0 Å². The smallest absolute Gasteiger partial charge is 0.252 e. The molecule has 0 N–H and O–H groups in total. The molecule has 2 aliphatic rings. The maximum Gasteiger partial charge on any atom is 0.252 e. The third-order valence-corrected chi connectivity index (χ3v) is 19.3. The van der Waals surface area contributed by atoms with Gasteiger partial charge in [-0.15, -0.1) is 0 Å². The number of hydrogen-bond donors (Lipinski definition) is 0. The van der Waals surface area contributed by atoms with Crippen LogP contribution in [0.3, 0.4) is 0 Å². The number of hydrogen-bond acceptors (Lipinski definition) is 3. The zero-order chi connectivity index (χ0) is 62.9. The number of anilines is 9. The molecule has 2 aliphatic heterocycles. The summed E-state index contributed by atoms with van der Waals surface area (Å²) in [5.41, 5.74) is 28.8. The number of rotatable bonds is 11. The molecule has 15 aromatic rings. The zero-order valence-corrected chi connectivity index (χ0v) is 52.8. The van der Waals surface area contributed by atoms with E-state index < -0.39 is 0 Å². The van der Waals surface area contributed by atoms with Crippen molar-refractivity contribution in [2.45, 2.75) is 26.2 Å². The Morgan fingerprint density at radius 3 is 1.07 bits per heavy atom. The Balaban J connectivity index is 1.02. The minimum atomic E-state index is -0.284. The summed E-state index contributed by atoms with van der Waals surface area (Å²) >= 11 is 0. The highest BCUT2D eigenvalue weighted by Gasteiger charge is 2.46. The monoisotopic (exact) mass is 1200 g/mol. The van der Waals surface area contributed by atoms with Gasteiger partial charge in [0.1, 0.15) is 0 Å². The van der Waals surface area contributed by atoms with Gasteiger partial charge in [-0.25, -0.2) is 0 Å². The van der Waals surface area contributed by atoms with Crippen LogP contribution in [0.15, 0.2) is 346 Å². The number of fused-ring (bicyclic) bond motifs is 6. The molecule has 4 heteroatoms. The topological polar surface area (TPSA) is 9.72 Å². The van der Waals surface area contributed by atoms with E-state index in [1.165, 1.54) is 65.9 Å². The largest absolute Gasteiger partial charge is 0.310 e. The Labute approximate surface area is 551 Å². The van der Waals surface area contributed by atoms with Crippen molar-refractivity contribution < 1.29 is 0 Å². The fourth-order valence-corrected chi connectivity index (χ4v) is 15.1. The first-order valence-electron chi connectivity index (χ1n) is 32.8. The SMILES string of the molecule is CC(C)(C)c1cc2c3c(c1)N(c1c(-c4ccccc4)cccc1-c1ccccc1)c1cc(-c4c5ccccc5c(N(c5ccccc5)c5ccccc5)c5ccccc45)ccc1B3c1cc(-c3ccccc3)ccc1N2c1c(-c2ccccc2)cccc1-c1ccccc1. The number of benzene rings is 15. The van der Waals surface area contributed by atoms with Crippen LogP contribution in [0.25, 0.3) is 88.3 Å². The molecule has 0 aliphatic carbocycles. The first-order valence-corrected chi connectivity index (χ1v) is 32.8. The molecular weight excluding hydrogens is 1130 g/mol. The number of nitrogens with zero attached hydrogens (tertiary/aromatic N) is 3. The molecule has 0 radical (unpaired) electrons. The minimum Gasteiger partial charge on any atom is -0.310 e. The first kappa shape index (κ1) is 56.3. The molecule has 0 bridgehead atoms. The van der Waals surface area contributed by atoms with Crippen molar-refractivity contribution in [2.24, 2.45) is 0 Å². The Morgan fingerprint density at radius 1 is 0.277 bits per heavy atom. The molecule has 444 valence electrons. The van der Waals surface area contributed by atoms with E-state index in [9.17, 15) is 0 Å². The second-order valence-electron chi connectivity index (χ2n) is 25.9. The highest BCUT2D eigenvalue weighted by Crippen LogP contribution is 2.55. The predicted octanol–water partition coefficient (Wildman–Crippen LogP) is 22.8. The van der Waals surface area contributed by atoms with Gasteiger partial charge >= 0.3 is 0 Å². The van der Waals surface area contributed by atoms with Crippen molar-refractivity contribution in [2.75, 3.05) is 14.7 Å². The standard InChI is InChI=1S/C90H66BN3/c1-90(2,3)68-59-83-86-84(60-68)94(88-73(64-37-17-7-18-38-64)51-30-52-74(88)65-39-19-8-20-40-65)82-58-67(85-75-45-25-27-47-77(75)89(78-48-28-26-46-76(78)85)92(69-41-21-9-22-42-69)70-43-23-10-24-44-70)53-55-79(82)91(86)80-57-66(61-31-11-4-12-32-61)54-56-81(80)93(83)87-71(62-33-13-5-14-34-62)49-29-50-72(87)63-35-15-6-16-36-63/h4-60H,1-3H3. The normalized spacial score (nSPS) is 12.4. The summed E-state index contributed by atoms with van der Waals surface area (Å²) in [7, 11) is 0. The van der Waals surface area contributed by atoms with Crippen molar-refractivity contribution in [1.29, 1.82) is 0 Å². The van der Waals surface area contributed by atoms with Crippen LogP contribution in [0.1, 0.15) is 26.3 Å². The Morgan fingerprint density at radius 2 is 0.649 bits per heavy atom. The summed E-state index contributed by atoms with van der Waals surface area (Å²) in [4.78, 5) is 7.81. The van der Waals surface area contributed by atoms with Gasteiger partial charge in [-0.05, 0) is 131 Å². The second kappa shape index (κ2) is 23.2. The van der Waals surface area contributed by atoms with Crippen LogP contribution in [-0.4, -0.2) is 6.71 Å². The number of para-hydroxylation sites is 4. The average Bonchev–Trinajstić information content (AvgIpc) is 0.689. The lowest BCUT2D eigenvalue weighted by Crippen LogP contribution is -2.61. The van der Waals surface area contributed by atoms with Crippen LogP contribution in [-0.2, 0) is 5.41 Å². The summed E-state index contributed by atoms with van der Waals surface area (Å²) < 4.78 is 0. The highest BCUT2D eigenvalue weighted by atomic mass is 15.2. The lowest BCUT2D eigenvalue weighted by atomic mass is 9.33. The maximum absolute atomic E-state index is 2.70. The summed E-state index contributed by atoms with van der Waals surface area (Å²) in [6, 6.07) is 129. The summed E-state index contributed by atoms with van der Waals surface area (Å²) in [5.74, 6) is 0. The molecule has 0 saturated carbocycles. The second-order valence-corrected chi connectivity index (χ2v) is 25.9. The van der Waals surface area contributed by atoms with Gasteiger partial charge < -0.3 is 14.7 Å². The van der Waals surface area contributed by atoms with Gasteiger partial charge in [-0.2, -0.15) is 0 Å². The van der Waals surface area contributed by atoms with Gasteiger partial charge in [-0.1, -0.05) is 318 Å². The van der Waals surface area contributed by atoms with Gasteiger partial charge in [0.05, 0.1) is 17.1 Å². The molecule has 0 fully saturated rings. The predicted molar refractivity (Wildman–Crippen MR) is 401 cm³/mol. The minimum absolute atomic E-state index is 0.205. The van der Waals surface area contributed by atoms with Crippen LogP contribution in [0.5, 0.6) is 0 Å². The third kappa shape index (κ3) is 9.52. The van der Waals surface area contributed by atoms with E-state index in [1.54, 1.807) is 0 Å². The van der Waals surface area contributed by atoms with Gasteiger partial charge in [0.2, 0.25) is 0 Å². The Hall–Kier alpha value is -11.7. The van der Waals surface area contributed by atoms with Crippen LogP contribution in [0.2, 0.25) is 0 Å². The van der Waals surface area contributed by atoms with Crippen LogP contribution in [0, 0.1) is 0 Å². The van der Waals surface area contributed by atoms with E-state index in [2.05, 4.69) is 381 Å². The summed E-state index contributed by atoms with van der Waals surface area (Å²) in [6.07, 6.45) is 0. The van der Waals surface area contributed by atoms with Gasteiger partial charge in [0.15, 0.2) is 0 Å². The fourth-order valence-electron chi connectivity index (χ4n) is 15.1. The third-order valence-electron chi connectivity index (χ3n) is 19.3.